The Labute approximate surface area is 171 Å². The number of ether oxygens (including phenoxy) is 1. The molecule has 1 N–H and O–H groups in total. The minimum atomic E-state index is -0.816. The van der Waals surface area contributed by atoms with Crippen LogP contribution < -0.4 is 0 Å². The molecule has 2 heterocycles. The van der Waals surface area contributed by atoms with Crippen LogP contribution in [-0.2, 0) is 16.0 Å². The van der Waals surface area contributed by atoms with Gasteiger partial charge in [0, 0.05) is 37.9 Å². The van der Waals surface area contributed by atoms with Crippen molar-refractivity contribution in [3.8, 4) is 5.69 Å². The van der Waals surface area contributed by atoms with Crippen LogP contribution in [0.3, 0.4) is 0 Å². The van der Waals surface area contributed by atoms with Crippen molar-refractivity contribution < 1.29 is 19.4 Å². The second-order valence-corrected chi connectivity index (χ2v) is 7.77. The summed E-state index contributed by atoms with van der Waals surface area (Å²) in [6.07, 6.45) is 2.69. The van der Waals surface area contributed by atoms with E-state index >= 15 is 0 Å². The molecule has 1 aliphatic heterocycles. The van der Waals surface area contributed by atoms with E-state index in [1.165, 1.54) is 0 Å². The molecule has 1 aromatic heterocycles. The number of carboxylic acids is 1. The number of nitrogens with zero attached hydrogens (tertiary/aromatic N) is 3. The van der Waals surface area contributed by atoms with Gasteiger partial charge < -0.3 is 14.7 Å². The quantitative estimate of drug-likeness (QED) is 0.774. The number of benzene rings is 1. The molecular weight excluding hydrogens is 370 g/mol. The number of carbonyl (C=O) groups is 2. The van der Waals surface area contributed by atoms with Gasteiger partial charge in [0.2, 0.25) is 0 Å². The molecule has 7 nitrogen and oxygen atoms in total. The third-order valence-electron chi connectivity index (χ3n) is 5.52. The van der Waals surface area contributed by atoms with Crippen molar-refractivity contribution in [1.29, 1.82) is 0 Å². The van der Waals surface area contributed by atoms with E-state index in [1.807, 2.05) is 49.8 Å². The number of amides is 1. The second kappa shape index (κ2) is 9.22. The molecule has 29 heavy (non-hydrogen) atoms. The lowest BCUT2D eigenvalue weighted by Gasteiger charge is -2.27. The highest BCUT2D eigenvalue weighted by Gasteiger charge is 2.20. The Bertz CT molecular complexity index is 867. The van der Waals surface area contributed by atoms with E-state index in [2.05, 4.69) is 5.10 Å². The predicted octanol–water partition coefficient (Wildman–Crippen LogP) is 3.00. The molecule has 1 atom stereocenters. The van der Waals surface area contributed by atoms with E-state index in [1.54, 1.807) is 4.90 Å². The molecule has 1 unspecified atom stereocenters. The minimum absolute atomic E-state index is 0.00219. The molecule has 1 saturated heterocycles. The number of hydrogen-bond acceptors (Lipinski definition) is 4. The van der Waals surface area contributed by atoms with Crippen LogP contribution in [0.1, 0.15) is 46.6 Å². The van der Waals surface area contributed by atoms with Crippen LogP contribution in [0, 0.1) is 19.8 Å². The standard InChI is InChI=1S/C22H29N3O4/c1-15-20(10-11-21(26)27)16(2)25(23-15)19-8-6-18(7-9-19)22(28)24(3)13-17-5-4-12-29-14-17/h6-9,17H,4-5,10-14H2,1-3H3,(H,26,27). The third-order valence-corrected chi connectivity index (χ3v) is 5.52. The van der Waals surface area contributed by atoms with Gasteiger partial charge in [-0.3, -0.25) is 9.59 Å². The van der Waals surface area contributed by atoms with E-state index in [4.69, 9.17) is 9.84 Å². The molecule has 0 bridgehead atoms. The van der Waals surface area contributed by atoms with Crippen LogP contribution in [0.15, 0.2) is 24.3 Å². The van der Waals surface area contributed by atoms with Gasteiger partial charge in [0.1, 0.15) is 0 Å². The number of rotatable bonds is 7. The molecule has 1 aromatic carbocycles. The number of aliphatic carboxylic acids is 1. The fourth-order valence-electron chi connectivity index (χ4n) is 3.91. The maximum absolute atomic E-state index is 12.7. The van der Waals surface area contributed by atoms with Crippen molar-refractivity contribution in [2.24, 2.45) is 5.92 Å². The van der Waals surface area contributed by atoms with Crippen molar-refractivity contribution >= 4 is 11.9 Å². The fourth-order valence-corrected chi connectivity index (χ4v) is 3.91. The molecule has 0 saturated carbocycles. The molecule has 1 aliphatic rings. The fraction of sp³-hybridized carbons (Fsp3) is 0.500. The SMILES string of the molecule is Cc1nn(-c2ccc(C(=O)N(C)CC3CCCOC3)cc2)c(C)c1CCC(=O)O. The van der Waals surface area contributed by atoms with Crippen molar-refractivity contribution in [3.63, 3.8) is 0 Å². The zero-order valence-corrected chi connectivity index (χ0v) is 17.4. The van der Waals surface area contributed by atoms with Crippen molar-refractivity contribution in [3.05, 3.63) is 46.8 Å². The van der Waals surface area contributed by atoms with Crippen molar-refractivity contribution in [2.45, 2.75) is 39.5 Å². The lowest BCUT2D eigenvalue weighted by atomic mass is 10.0. The zero-order chi connectivity index (χ0) is 21.0. The molecule has 2 aromatic rings. The summed E-state index contributed by atoms with van der Waals surface area (Å²) in [7, 11) is 1.83. The molecule has 0 radical (unpaired) electrons. The van der Waals surface area contributed by atoms with Gasteiger partial charge >= 0.3 is 5.97 Å². The third kappa shape index (κ3) is 5.03. The largest absolute Gasteiger partial charge is 0.481 e. The highest BCUT2D eigenvalue weighted by atomic mass is 16.5. The summed E-state index contributed by atoms with van der Waals surface area (Å²) in [4.78, 5) is 25.4. The van der Waals surface area contributed by atoms with Crippen LogP contribution in [0.4, 0.5) is 0 Å². The number of carbonyl (C=O) groups excluding carboxylic acids is 1. The first-order valence-corrected chi connectivity index (χ1v) is 10.1. The Kier molecular flexibility index (Phi) is 6.69. The molecule has 0 spiro atoms. The number of aryl methyl sites for hydroxylation is 1. The van der Waals surface area contributed by atoms with Gasteiger partial charge in [-0.15, -0.1) is 0 Å². The normalized spacial score (nSPS) is 16.6. The summed E-state index contributed by atoms with van der Waals surface area (Å²) in [5.41, 5.74) is 4.21. The van der Waals surface area contributed by atoms with Crippen molar-refractivity contribution in [2.75, 3.05) is 26.8 Å². The maximum Gasteiger partial charge on any atom is 0.303 e. The van der Waals surface area contributed by atoms with E-state index in [0.717, 1.165) is 48.7 Å². The first-order valence-electron chi connectivity index (χ1n) is 10.1. The van der Waals surface area contributed by atoms with Gasteiger partial charge in [-0.05, 0) is 68.9 Å². The van der Waals surface area contributed by atoms with Gasteiger partial charge in [-0.1, -0.05) is 0 Å². The zero-order valence-electron chi connectivity index (χ0n) is 17.4. The average molecular weight is 399 g/mol. The van der Waals surface area contributed by atoms with E-state index < -0.39 is 5.97 Å². The van der Waals surface area contributed by atoms with Gasteiger partial charge in [0.15, 0.2) is 0 Å². The Morgan fingerprint density at radius 1 is 1.28 bits per heavy atom. The summed E-state index contributed by atoms with van der Waals surface area (Å²) in [5, 5.41) is 13.5. The highest BCUT2D eigenvalue weighted by molar-refractivity contribution is 5.94. The monoisotopic (exact) mass is 399 g/mol. The summed E-state index contributed by atoms with van der Waals surface area (Å²) in [6.45, 7) is 6.07. The van der Waals surface area contributed by atoms with Crippen LogP contribution in [0.25, 0.3) is 5.69 Å². The van der Waals surface area contributed by atoms with E-state index in [0.29, 0.717) is 24.4 Å². The second-order valence-electron chi connectivity index (χ2n) is 7.77. The maximum atomic E-state index is 12.7. The Morgan fingerprint density at radius 3 is 2.62 bits per heavy atom. The van der Waals surface area contributed by atoms with Gasteiger partial charge in [0.05, 0.1) is 18.0 Å². The topological polar surface area (TPSA) is 84.7 Å². The molecule has 1 amide bonds. The first kappa shape index (κ1) is 21.0. The van der Waals surface area contributed by atoms with Crippen molar-refractivity contribution in [1.82, 2.24) is 14.7 Å². The lowest BCUT2D eigenvalue weighted by molar-refractivity contribution is -0.136. The average Bonchev–Trinajstić information content (AvgIpc) is 3.00. The predicted molar refractivity (Wildman–Crippen MR) is 109 cm³/mol. The number of hydrogen-bond donors (Lipinski definition) is 1. The summed E-state index contributed by atoms with van der Waals surface area (Å²) in [6, 6.07) is 7.40. The lowest BCUT2D eigenvalue weighted by Crippen LogP contribution is -2.35. The summed E-state index contributed by atoms with van der Waals surface area (Å²) in [5.74, 6) is -0.420. The van der Waals surface area contributed by atoms with Gasteiger partial charge in [0.25, 0.3) is 5.91 Å². The number of carboxylic acid groups (broad SMARTS) is 1. The molecule has 1 fully saturated rings. The smallest absolute Gasteiger partial charge is 0.303 e. The Hall–Kier alpha value is -2.67. The van der Waals surface area contributed by atoms with E-state index in [9.17, 15) is 9.59 Å². The Morgan fingerprint density at radius 2 is 2.00 bits per heavy atom. The van der Waals surface area contributed by atoms with Crippen LogP contribution in [-0.4, -0.2) is 58.5 Å². The Balaban J connectivity index is 1.70. The molecular formula is C22H29N3O4. The van der Waals surface area contributed by atoms with Gasteiger partial charge in [-0.25, -0.2) is 4.68 Å². The molecule has 156 valence electrons. The van der Waals surface area contributed by atoms with Crippen LogP contribution >= 0.6 is 0 Å². The van der Waals surface area contributed by atoms with Gasteiger partial charge in [-0.2, -0.15) is 5.10 Å². The summed E-state index contributed by atoms with van der Waals surface area (Å²) < 4.78 is 7.32. The number of aromatic nitrogens is 2. The van der Waals surface area contributed by atoms with E-state index in [-0.39, 0.29) is 12.3 Å². The molecule has 3 rings (SSSR count). The van der Waals surface area contributed by atoms with Crippen LogP contribution in [0.2, 0.25) is 0 Å². The highest BCUT2D eigenvalue weighted by Crippen LogP contribution is 2.21. The molecule has 0 aliphatic carbocycles. The van der Waals surface area contributed by atoms with Crippen LogP contribution in [0.5, 0.6) is 0 Å². The summed E-state index contributed by atoms with van der Waals surface area (Å²) >= 11 is 0. The molecule has 7 heteroatoms. The minimum Gasteiger partial charge on any atom is -0.481 e. The first-order chi connectivity index (χ1) is 13.9.